The Balaban J connectivity index is 1.61. The number of aromatic nitrogens is 4. The van der Waals surface area contributed by atoms with Gasteiger partial charge in [-0.2, -0.15) is 13.2 Å². The van der Waals surface area contributed by atoms with Crippen molar-refractivity contribution >= 4 is 33.0 Å². The van der Waals surface area contributed by atoms with Crippen LogP contribution in [0.5, 0.6) is 0 Å². The largest absolute Gasteiger partial charge is 0.417 e. The minimum Gasteiger partial charge on any atom is -0.361 e. The fourth-order valence-electron chi connectivity index (χ4n) is 5.23. The summed E-state index contributed by atoms with van der Waals surface area (Å²) in [6.07, 6.45) is -1.37. The Hall–Kier alpha value is -3.85. The molecule has 0 amide bonds. The summed E-state index contributed by atoms with van der Waals surface area (Å²) in [5.41, 5.74) is 2.51. The van der Waals surface area contributed by atoms with Gasteiger partial charge in [-0.05, 0) is 48.5 Å². The average molecular weight is 693 g/mol. The number of carbonyl (C=O) groups excluding carboxylic acids is 1. The highest BCUT2D eigenvalue weighted by Gasteiger charge is 2.35. The molecule has 0 aliphatic rings. The number of imidazole rings is 1. The molecular weight excluding hydrogens is 650 g/mol. The van der Waals surface area contributed by atoms with Gasteiger partial charge in [0.15, 0.2) is 11.6 Å². The molecule has 0 atom stereocenters. The number of alkyl halides is 3. The maximum atomic E-state index is 13.9. The predicted molar refractivity (Wildman–Crippen MR) is 189 cm³/mol. The van der Waals surface area contributed by atoms with Gasteiger partial charge in [-0.25, -0.2) is 4.98 Å². The first kappa shape index (κ1) is 35.5. The normalized spacial score (nSPS) is 12.6. The molecule has 2 aromatic carbocycles. The van der Waals surface area contributed by atoms with Gasteiger partial charge in [-0.1, -0.05) is 69.6 Å². The number of fused-ring (bicyclic) bond motifs is 1. The third kappa shape index (κ3) is 8.78. The highest BCUT2D eigenvalue weighted by molar-refractivity contribution is 6.76. The van der Waals surface area contributed by atoms with Crippen LogP contribution in [0.3, 0.4) is 0 Å². The molecule has 0 bridgehead atoms. The van der Waals surface area contributed by atoms with Crippen LogP contribution in [0.4, 0.5) is 13.2 Å². The number of ether oxygens (including phenoxy) is 2. The molecule has 0 unspecified atom stereocenters. The van der Waals surface area contributed by atoms with Crippen LogP contribution in [0.2, 0.25) is 51.4 Å². The molecule has 0 aliphatic carbocycles. The van der Waals surface area contributed by atoms with Crippen molar-refractivity contribution in [3.05, 3.63) is 95.8 Å². The monoisotopic (exact) mass is 692 g/mol. The molecule has 0 saturated heterocycles. The smallest absolute Gasteiger partial charge is 0.361 e. The fourth-order valence-corrected chi connectivity index (χ4v) is 6.74. The number of ketones is 1. The lowest BCUT2D eigenvalue weighted by Gasteiger charge is -2.17. The number of rotatable bonds is 14. The highest BCUT2D eigenvalue weighted by atomic mass is 28.3. The Labute approximate surface area is 281 Å². The van der Waals surface area contributed by atoms with E-state index in [9.17, 15) is 18.0 Å². The number of nitrogens with zero attached hydrogens (tertiary/aromatic N) is 4. The minimum absolute atomic E-state index is 0.104. The van der Waals surface area contributed by atoms with Gasteiger partial charge < -0.3 is 14.0 Å². The molecular formula is C36H43F3N4O3Si2. The number of halogens is 3. The van der Waals surface area contributed by atoms with Crippen molar-refractivity contribution in [2.24, 2.45) is 0 Å². The van der Waals surface area contributed by atoms with E-state index >= 15 is 0 Å². The molecule has 12 heteroatoms. The van der Waals surface area contributed by atoms with Gasteiger partial charge in [0, 0.05) is 58.4 Å². The van der Waals surface area contributed by atoms with Gasteiger partial charge in [0.05, 0.1) is 28.0 Å². The summed E-state index contributed by atoms with van der Waals surface area (Å²) in [6, 6.07) is 20.0. The summed E-state index contributed by atoms with van der Waals surface area (Å²) in [6.45, 7) is 15.1. The molecule has 3 heterocycles. The van der Waals surface area contributed by atoms with Crippen molar-refractivity contribution in [3.8, 4) is 22.8 Å². The Bertz CT molecular complexity index is 1870. The van der Waals surface area contributed by atoms with E-state index < -0.39 is 39.2 Å². The number of hydrogen-bond donors (Lipinski definition) is 0. The Morgan fingerprint density at radius 1 is 0.833 bits per heavy atom. The van der Waals surface area contributed by atoms with Gasteiger partial charge in [-0.15, -0.1) is 0 Å². The van der Waals surface area contributed by atoms with Gasteiger partial charge in [-0.3, -0.25) is 14.3 Å². The lowest BCUT2D eigenvalue weighted by atomic mass is 9.99. The van der Waals surface area contributed by atoms with Crippen molar-refractivity contribution in [2.45, 2.75) is 71.0 Å². The van der Waals surface area contributed by atoms with E-state index in [0.717, 1.165) is 34.9 Å². The van der Waals surface area contributed by atoms with E-state index in [1.807, 2.05) is 41.0 Å². The summed E-state index contributed by atoms with van der Waals surface area (Å²) < 4.78 is 57.8. The molecule has 254 valence electrons. The molecule has 0 radical (unpaired) electrons. The zero-order chi connectivity index (χ0) is 34.7. The SMILES string of the molecule is C[Si](C)(C)CCOCn1cc(C(=O)c2ccccc2C(F)(F)F)cc1-c1nc2ccc(-c3ccccn3)cc2n1COCC[Si](C)(C)C. The Kier molecular flexibility index (Phi) is 10.6. The molecule has 7 nitrogen and oxygen atoms in total. The van der Waals surface area contributed by atoms with Crippen LogP contribution in [0.1, 0.15) is 21.5 Å². The third-order valence-corrected chi connectivity index (χ3v) is 11.4. The molecule has 3 aromatic heterocycles. The first-order valence-electron chi connectivity index (χ1n) is 16.1. The molecule has 0 N–H and O–H groups in total. The van der Waals surface area contributed by atoms with Crippen LogP contribution in [-0.2, 0) is 29.1 Å². The van der Waals surface area contributed by atoms with Gasteiger partial charge in [0.25, 0.3) is 0 Å². The lowest BCUT2D eigenvalue weighted by Crippen LogP contribution is -2.22. The van der Waals surface area contributed by atoms with Crippen molar-refractivity contribution in [3.63, 3.8) is 0 Å². The predicted octanol–water partition coefficient (Wildman–Crippen LogP) is 9.44. The minimum atomic E-state index is -4.68. The average Bonchev–Trinajstić information content (AvgIpc) is 3.61. The molecule has 5 aromatic rings. The van der Waals surface area contributed by atoms with Crippen LogP contribution in [-0.4, -0.2) is 54.2 Å². The summed E-state index contributed by atoms with van der Waals surface area (Å²) in [7, 11) is -2.74. The number of carbonyl (C=O) groups is 1. The molecule has 0 aliphatic heterocycles. The first-order chi connectivity index (χ1) is 22.6. The van der Waals surface area contributed by atoms with Gasteiger partial charge >= 0.3 is 6.18 Å². The quantitative estimate of drug-likeness (QED) is 0.0659. The molecule has 48 heavy (non-hydrogen) atoms. The second-order valence-electron chi connectivity index (χ2n) is 14.4. The maximum Gasteiger partial charge on any atom is 0.417 e. The summed E-state index contributed by atoms with van der Waals surface area (Å²) >= 11 is 0. The van der Waals surface area contributed by atoms with Gasteiger partial charge in [0.1, 0.15) is 13.5 Å². The van der Waals surface area contributed by atoms with Crippen LogP contribution < -0.4 is 0 Å². The standard InChI is InChI=1S/C36H43F3N4O3Si2/c1-47(2,3)19-17-45-24-42-23-27(34(44)28-11-7-8-12-29(28)36(37,38)39)22-33(42)35-41-31-15-14-26(30-13-9-10-16-40-30)21-32(31)43(35)25-46-18-20-48(4,5)6/h7-16,21-23H,17-20,24-25H2,1-6H3. The maximum absolute atomic E-state index is 13.9. The molecule has 0 saturated carbocycles. The van der Waals surface area contributed by atoms with E-state index in [0.29, 0.717) is 30.2 Å². The van der Waals surface area contributed by atoms with E-state index in [4.69, 9.17) is 14.5 Å². The second-order valence-corrected chi connectivity index (χ2v) is 25.7. The van der Waals surface area contributed by atoms with Crippen LogP contribution >= 0.6 is 0 Å². The van der Waals surface area contributed by atoms with Crippen molar-refractivity contribution in [1.29, 1.82) is 0 Å². The van der Waals surface area contributed by atoms with Crippen LogP contribution in [0, 0.1) is 0 Å². The number of pyridine rings is 1. The van der Waals surface area contributed by atoms with E-state index in [-0.39, 0.29) is 19.0 Å². The molecule has 0 spiro atoms. The summed E-state index contributed by atoms with van der Waals surface area (Å²) in [4.78, 5) is 23.2. The van der Waals surface area contributed by atoms with Gasteiger partial charge in [0.2, 0.25) is 0 Å². The topological polar surface area (TPSA) is 71.2 Å². The summed E-state index contributed by atoms with van der Waals surface area (Å²) in [5.74, 6) is -0.204. The Morgan fingerprint density at radius 2 is 1.50 bits per heavy atom. The fraction of sp³-hybridized carbons (Fsp3) is 0.361. The van der Waals surface area contributed by atoms with Crippen molar-refractivity contribution < 1.29 is 27.4 Å². The van der Waals surface area contributed by atoms with E-state index in [1.54, 1.807) is 23.0 Å². The zero-order valence-electron chi connectivity index (χ0n) is 28.4. The first-order valence-corrected chi connectivity index (χ1v) is 23.5. The van der Waals surface area contributed by atoms with E-state index in [1.165, 1.54) is 18.2 Å². The second kappa shape index (κ2) is 14.3. The summed E-state index contributed by atoms with van der Waals surface area (Å²) in [5, 5.41) is 0. The Morgan fingerprint density at radius 3 is 2.15 bits per heavy atom. The highest BCUT2D eigenvalue weighted by Crippen LogP contribution is 2.35. The number of hydrogen-bond acceptors (Lipinski definition) is 5. The van der Waals surface area contributed by atoms with Crippen molar-refractivity contribution in [1.82, 2.24) is 19.1 Å². The van der Waals surface area contributed by atoms with Crippen LogP contribution in [0.15, 0.2) is 79.1 Å². The molecule has 0 fully saturated rings. The zero-order valence-corrected chi connectivity index (χ0v) is 30.4. The lowest BCUT2D eigenvalue weighted by molar-refractivity contribution is -0.137. The van der Waals surface area contributed by atoms with Crippen LogP contribution in [0.25, 0.3) is 33.8 Å². The number of benzene rings is 2. The van der Waals surface area contributed by atoms with Crippen molar-refractivity contribution in [2.75, 3.05) is 13.2 Å². The molecule has 5 rings (SSSR count). The third-order valence-electron chi connectivity index (χ3n) is 8.02. The van der Waals surface area contributed by atoms with E-state index in [2.05, 4.69) is 44.3 Å².